The second kappa shape index (κ2) is 9.66. The molecular formula is C15H22Cl2O. The molecule has 1 nitrogen and oxygen atoms in total. The molecule has 0 amide bonds. The second-order valence-corrected chi connectivity index (χ2v) is 5.40. The van der Waals surface area contributed by atoms with E-state index in [-0.39, 0.29) is 0 Å². The first-order chi connectivity index (χ1) is 8.74. The quantitative estimate of drug-likeness (QED) is 0.516. The molecule has 0 aliphatic rings. The molecule has 0 aliphatic heterocycles. The van der Waals surface area contributed by atoms with E-state index >= 15 is 0 Å². The van der Waals surface area contributed by atoms with Crippen LogP contribution in [0.1, 0.15) is 51.0 Å². The molecule has 3 heteroatoms. The minimum Gasteiger partial charge on any atom is -0.377 e. The Bertz CT molecular complexity index is 339. The Morgan fingerprint density at radius 1 is 1.00 bits per heavy atom. The minimum absolute atomic E-state index is 0.574. The highest BCUT2D eigenvalue weighted by Crippen LogP contribution is 2.21. The van der Waals surface area contributed by atoms with E-state index in [0.29, 0.717) is 16.7 Å². The standard InChI is InChI=1S/C15H22Cl2O/c1-2-3-4-5-6-7-10-18-12-13-8-9-14(16)11-15(13)17/h8-9,11H,2-7,10,12H2,1H3. The fourth-order valence-corrected chi connectivity index (χ4v) is 2.27. The van der Waals surface area contributed by atoms with Crippen molar-refractivity contribution < 1.29 is 4.74 Å². The summed E-state index contributed by atoms with van der Waals surface area (Å²) in [6, 6.07) is 5.52. The molecular weight excluding hydrogens is 267 g/mol. The first kappa shape index (κ1) is 15.8. The summed E-state index contributed by atoms with van der Waals surface area (Å²) in [4.78, 5) is 0. The van der Waals surface area contributed by atoms with Crippen molar-refractivity contribution in [1.29, 1.82) is 0 Å². The van der Waals surface area contributed by atoms with Crippen molar-refractivity contribution >= 4 is 23.2 Å². The van der Waals surface area contributed by atoms with Crippen molar-refractivity contribution in [1.82, 2.24) is 0 Å². The number of unbranched alkanes of at least 4 members (excludes halogenated alkanes) is 5. The lowest BCUT2D eigenvalue weighted by Gasteiger charge is -2.06. The van der Waals surface area contributed by atoms with E-state index in [2.05, 4.69) is 6.92 Å². The van der Waals surface area contributed by atoms with Gasteiger partial charge in [0.1, 0.15) is 0 Å². The number of ether oxygens (including phenoxy) is 1. The summed E-state index contributed by atoms with van der Waals surface area (Å²) < 4.78 is 5.62. The topological polar surface area (TPSA) is 9.23 Å². The zero-order valence-electron chi connectivity index (χ0n) is 11.1. The number of rotatable bonds is 9. The maximum absolute atomic E-state index is 6.06. The summed E-state index contributed by atoms with van der Waals surface area (Å²) in [7, 11) is 0. The lowest BCUT2D eigenvalue weighted by molar-refractivity contribution is 0.117. The van der Waals surface area contributed by atoms with Crippen molar-refractivity contribution in [2.75, 3.05) is 6.61 Å². The van der Waals surface area contributed by atoms with Gasteiger partial charge in [-0.2, -0.15) is 0 Å². The van der Waals surface area contributed by atoms with Gasteiger partial charge in [0.2, 0.25) is 0 Å². The van der Waals surface area contributed by atoms with Crippen LogP contribution in [-0.2, 0) is 11.3 Å². The molecule has 0 saturated carbocycles. The molecule has 0 spiro atoms. The van der Waals surface area contributed by atoms with E-state index in [9.17, 15) is 0 Å². The second-order valence-electron chi connectivity index (χ2n) is 4.56. The van der Waals surface area contributed by atoms with Gasteiger partial charge in [-0.1, -0.05) is 68.3 Å². The van der Waals surface area contributed by atoms with Gasteiger partial charge in [0.15, 0.2) is 0 Å². The van der Waals surface area contributed by atoms with Crippen LogP contribution in [0.5, 0.6) is 0 Å². The highest BCUT2D eigenvalue weighted by Gasteiger charge is 2.01. The molecule has 0 bridgehead atoms. The molecule has 0 N–H and O–H groups in total. The zero-order chi connectivity index (χ0) is 13.2. The average molecular weight is 289 g/mol. The van der Waals surface area contributed by atoms with Gasteiger partial charge >= 0.3 is 0 Å². The Morgan fingerprint density at radius 2 is 1.72 bits per heavy atom. The molecule has 0 atom stereocenters. The molecule has 102 valence electrons. The monoisotopic (exact) mass is 288 g/mol. The predicted molar refractivity (Wildman–Crippen MR) is 79.5 cm³/mol. The third-order valence-corrected chi connectivity index (χ3v) is 3.50. The van der Waals surface area contributed by atoms with Gasteiger partial charge in [-0.25, -0.2) is 0 Å². The summed E-state index contributed by atoms with van der Waals surface area (Å²) in [6.07, 6.45) is 7.70. The lowest BCUT2D eigenvalue weighted by Crippen LogP contribution is -1.96. The van der Waals surface area contributed by atoms with E-state index < -0.39 is 0 Å². The Balaban J connectivity index is 2.07. The van der Waals surface area contributed by atoms with Gasteiger partial charge in [-0.05, 0) is 24.1 Å². The molecule has 0 heterocycles. The number of hydrogen-bond donors (Lipinski definition) is 0. The van der Waals surface area contributed by atoms with Crippen LogP contribution in [0.15, 0.2) is 18.2 Å². The van der Waals surface area contributed by atoms with Gasteiger partial charge in [-0.3, -0.25) is 0 Å². The van der Waals surface area contributed by atoms with E-state index in [1.165, 1.54) is 32.1 Å². The predicted octanol–water partition coefficient (Wildman–Crippen LogP) is 5.87. The van der Waals surface area contributed by atoms with Crippen LogP contribution < -0.4 is 0 Å². The average Bonchev–Trinajstić information content (AvgIpc) is 2.35. The van der Waals surface area contributed by atoms with Gasteiger partial charge < -0.3 is 4.74 Å². The van der Waals surface area contributed by atoms with Crippen LogP contribution in [0.25, 0.3) is 0 Å². The largest absolute Gasteiger partial charge is 0.377 e. The van der Waals surface area contributed by atoms with Crippen molar-refractivity contribution in [3.63, 3.8) is 0 Å². The molecule has 0 fully saturated rings. The van der Waals surface area contributed by atoms with Crippen LogP contribution in [0.2, 0.25) is 10.0 Å². The van der Waals surface area contributed by atoms with Crippen molar-refractivity contribution in [2.24, 2.45) is 0 Å². The summed E-state index contributed by atoms with van der Waals surface area (Å²) in [5, 5.41) is 1.35. The van der Waals surface area contributed by atoms with Crippen LogP contribution in [0.4, 0.5) is 0 Å². The van der Waals surface area contributed by atoms with Gasteiger partial charge in [0.05, 0.1) is 6.61 Å². The molecule has 0 saturated heterocycles. The van der Waals surface area contributed by atoms with Crippen LogP contribution >= 0.6 is 23.2 Å². The van der Waals surface area contributed by atoms with E-state index in [0.717, 1.165) is 18.6 Å². The van der Waals surface area contributed by atoms with Crippen molar-refractivity contribution in [3.05, 3.63) is 33.8 Å². The van der Waals surface area contributed by atoms with E-state index in [1.54, 1.807) is 6.07 Å². The maximum atomic E-state index is 6.06. The molecule has 0 aromatic heterocycles. The molecule has 1 aromatic carbocycles. The third-order valence-electron chi connectivity index (χ3n) is 2.91. The smallest absolute Gasteiger partial charge is 0.0731 e. The first-order valence-corrected chi connectivity index (χ1v) is 7.51. The van der Waals surface area contributed by atoms with Crippen molar-refractivity contribution in [2.45, 2.75) is 52.1 Å². The van der Waals surface area contributed by atoms with Crippen molar-refractivity contribution in [3.8, 4) is 0 Å². The fraction of sp³-hybridized carbons (Fsp3) is 0.600. The third kappa shape index (κ3) is 6.63. The molecule has 0 aliphatic carbocycles. The van der Waals surface area contributed by atoms with Gasteiger partial charge in [0.25, 0.3) is 0 Å². The highest BCUT2D eigenvalue weighted by atomic mass is 35.5. The van der Waals surface area contributed by atoms with Crippen LogP contribution in [0, 0.1) is 0 Å². The fourth-order valence-electron chi connectivity index (χ4n) is 1.81. The Morgan fingerprint density at radius 3 is 2.44 bits per heavy atom. The zero-order valence-corrected chi connectivity index (χ0v) is 12.6. The molecule has 0 unspecified atom stereocenters. The Hall–Kier alpha value is -0.240. The molecule has 1 rings (SSSR count). The summed E-state index contributed by atoms with van der Waals surface area (Å²) in [6.45, 7) is 3.62. The summed E-state index contributed by atoms with van der Waals surface area (Å²) in [5.41, 5.74) is 1.01. The summed E-state index contributed by atoms with van der Waals surface area (Å²) in [5.74, 6) is 0. The lowest BCUT2D eigenvalue weighted by atomic mass is 10.1. The van der Waals surface area contributed by atoms with Crippen LogP contribution in [-0.4, -0.2) is 6.61 Å². The van der Waals surface area contributed by atoms with Gasteiger partial charge in [-0.15, -0.1) is 0 Å². The molecule has 18 heavy (non-hydrogen) atoms. The highest BCUT2D eigenvalue weighted by molar-refractivity contribution is 6.35. The molecule has 0 radical (unpaired) electrons. The maximum Gasteiger partial charge on any atom is 0.0731 e. The number of hydrogen-bond acceptors (Lipinski definition) is 1. The normalized spacial score (nSPS) is 10.8. The Kier molecular flexibility index (Phi) is 8.49. The number of halogens is 2. The minimum atomic E-state index is 0.574. The number of benzene rings is 1. The van der Waals surface area contributed by atoms with Gasteiger partial charge in [0, 0.05) is 16.7 Å². The van der Waals surface area contributed by atoms with E-state index in [4.69, 9.17) is 27.9 Å². The first-order valence-electron chi connectivity index (χ1n) is 6.75. The SMILES string of the molecule is CCCCCCCCOCc1ccc(Cl)cc1Cl. The van der Waals surface area contributed by atoms with Crippen LogP contribution in [0.3, 0.4) is 0 Å². The molecule has 1 aromatic rings. The van der Waals surface area contributed by atoms with E-state index in [1.807, 2.05) is 12.1 Å². The summed E-state index contributed by atoms with van der Waals surface area (Å²) >= 11 is 11.9. The Labute approximate surface area is 120 Å².